The summed E-state index contributed by atoms with van der Waals surface area (Å²) in [7, 11) is 0. The first-order valence-electron chi connectivity index (χ1n) is 8.88. The lowest BCUT2D eigenvalue weighted by molar-refractivity contribution is 0.289. The van der Waals surface area contributed by atoms with E-state index in [1.165, 1.54) is 0 Å². The minimum Gasteiger partial charge on any atom is -0.396 e. The van der Waals surface area contributed by atoms with Gasteiger partial charge in [-0.1, -0.05) is 23.7 Å². The molecule has 0 aliphatic rings. The molecule has 3 aromatic rings. The third kappa shape index (κ3) is 4.31. The number of hydrogen-bond acceptors (Lipinski definition) is 5. The van der Waals surface area contributed by atoms with E-state index in [1.54, 1.807) is 10.9 Å². The maximum Gasteiger partial charge on any atom is 0.263 e. The van der Waals surface area contributed by atoms with Gasteiger partial charge in [-0.2, -0.15) is 10.1 Å². The fourth-order valence-corrected chi connectivity index (χ4v) is 3.14. The van der Waals surface area contributed by atoms with Gasteiger partial charge in [0.1, 0.15) is 5.39 Å². The summed E-state index contributed by atoms with van der Waals surface area (Å²) in [6.45, 7) is 7.14. The second-order valence-electron chi connectivity index (χ2n) is 7.48. The van der Waals surface area contributed by atoms with Crippen LogP contribution in [0.3, 0.4) is 0 Å². The molecule has 144 valence electrons. The van der Waals surface area contributed by atoms with Gasteiger partial charge in [-0.05, 0) is 44.9 Å². The van der Waals surface area contributed by atoms with Crippen LogP contribution in [0.4, 0.5) is 5.95 Å². The summed E-state index contributed by atoms with van der Waals surface area (Å²) in [5.41, 5.74) is 1.00. The molecule has 0 amide bonds. The Balaban J connectivity index is 2.05. The Morgan fingerprint density at radius 1 is 1.33 bits per heavy atom. The van der Waals surface area contributed by atoms with E-state index in [4.69, 9.17) is 16.6 Å². The highest BCUT2D eigenvalue weighted by molar-refractivity contribution is 6.30. The van der Waals surface area contributed by atoms with E-state index in [0.29, 0.717) is 41.5 Å². The van der Waals surface area contributed by atoms with Crippen LogP contribution in [-0.4, -0.2) is 38.0 Å². The third-order valence-electron chi connectivity index (χ3n) is 4.21. The molecule has 0 bridgehead atoms. The number of aliphatic hydroxyl groups is 1. The van der Waals surface area contributed by atoms with Crippen molar-refractivity contribution >= 4 is 28.6 Å². The van der Waals surface area contributed by atoms with E-state index in [0.717, 1.165) is 5.56 Å². The van der Waals surface area contributed by atoms with Crippen LogP contribution in [0.25, 0.3) is 11.0 Å². The lowest BCUT2D eigenvalue weighted by Crippen LogP contribution is -2.30. The number of fused-ring (bicyclic) bond motifs is 1. The quantitative estimate of drug-likeness (QED) is 0.676. The summed E-state index contributed by atoms with van der Waals surface area (Å²) in [5.74, 6) is 0.451. The van der Waals surface area contributed by atoms with Gasteiger partial charge in [0.2, 0.25) is 5.95 Å². The van der Waals surface area contributed by atoms with Crippen molar-refractivity contribution in [3.8, 4) is 0 Å². The molecule has 0 saturated carbocycles. The lowest BCUT2D eigenvalue weighted by Gasteiger charge is -2.24. The van der Waals surface area contributed by atoms with E-state index in [9.17, 15) is 9.90 Å². The standard InChI is InChI=1S/C19H24ClN5O2/c1-19(2,3)25-16-15(11-21-25)17(27)23-18(22-16)24(8-5-9-26)12-13-6-4-7-14(20)10-13/h4,6-7,10-11,26H,5,8-9,12H2,1-3H3,(H,22,23,27). The molecule has 0 atom stereocenters. The van der Waals surface area contributed by atoms with Crippen LogP contribution in [0.5, 0.6) is 0 Å². The van der Waals surface area contributed by atoms with Crippen LogP contribution < -0.4 is 10.5 Å². The average Bonchev–Trinajstić information content (AvgIpc) is 3.03. The number of nitrogens with one attached hydrogen (secondary N) is 1. The molecule has 0 aliphatic heterocycles. The van der Waals surface area contributed by atoms with Crippen molar-refractivity contribution in [1.29, 1.82) is 0 Å². The van der Waals surface area contributed by atoms with E-state index in [2.05, 4.69) is 10.1 Å². The number of aromatic nitrogens is 4. The molecular weight excluding hydrogens is 366 g/mol. The fraction of sp³-hybridized carbons (Fsp3) is 0.421. The Labute approximate surface area is 162 Å². The molecule has 27 heavy (non-hydrogen) atoms. The van der Waals surface area contributed by atoms with Crippen molar-refractivity contribution in [2.45, 2.75) is 39.3 Å². The molecule has 2 aromatic heterocycles. The summed E-state index contributed by atoms with van der Waals surface area (Å²) in [5, 5.41) is 14.7. The molecule has 0 saturated heterocycles. The highest BCUT2D eigenvalue weighted by Gasteiger charge is 2.21. The average molecular weight is 390 g/mol. The molecule has 0 fully saturated rings. The van der Waals surface area contributed by atoms with Crippen LogP contribution in [0.2, 0.25) is 5.02 Å². The normalized spacial score (nSPS) is 11.9. The first-order valence-corrected chi connectivity index (χ1v) is 9.26. The number of H-pyrrole nitrogens is 1. The minimum absolute atomic E-state index is 0.0540. The summed E-state index contributed by atoms with van der Waals surface area (Å²) in [6, 6.07) is 7.55. The zero-order valence-electron chi connectivity index (χ0n) is 15.7. The van der Waals surface area contributed by atoms with Crippen LogP contribution >= 0.6 is 11.6 Å². The third-order valence-corrected chi connectivity index (χ3v) is 4.44. The fourth-order valence-electron chi connectivity index (χ4n) is 2.92. The smallest absolute Gasteiger partial charge is 0.263 e. The van der Waals surface area contributed by atoms with Gasteiger partial charge >= 0.3 is 0 Å². The zero-order chi connectivity index (χ0) is 19.6. The molecule has 0 unspecified atom stereocenters. The van der Waals surface area contributed by atoms with E-state index in [-0.39, 0.29) is 17.7 Å². The number of nitrogens with zero attached hydrogens (tertiary/aromatic N) is 4. The van der Waals surface area contributed by atoms with Crippen molar-refractivity contribution in [3.05, 3.63) is 51.4 Å². The monoisotopic (exact) mass is 389 g/mol. The van der Waals surface area contributed by atoms with Crippen LogP contribution in [0.1, 0.15) is 32.8 Å². The Bertz CT molecular complexity index is 990. The van der Waals surface area contributed by atoms with Gasteiger partial charge in [-0.25, -0.2) is 4.68 Å². The van der Waals surface area contributed by atoms with Gasteiger partial charge in [-0.3, -0.25) is 9.78 Å². The van der Waals surface area contributed by atoms with Gasteiger partial charge in [-0.15, -0.1) is 0 Å². The second-order valence-corrected chi connectivity index (χ2v) is 7.92. The van der Waals surface area contributed by atoms with Gasteiger partial charge < -0.3 is 10.0 Å². The van der Waals surface area contributed by atoms with Crippen molar-refractivity contribution in [3.63, 3.8) is 0 Å². The Morgan fingerprint density at radius 3 is 2.78 bits per heavy atom. The van der Waals surface area contributed by atoms with Crippen molar-refractivity contribution in [2.75, 3.05) is 18.1 Å². The molecule has 7 nitrogen and oxygen atoms in total. The maximum absolute atomic E-state index is 12.6. The summed E-state index contributed by atoms with van der Waals surface area (Å²) >= 11 is 6.09. The second kappa shape index (κ2) is 7.70. The molecule has 0 radical (unpaired) electrons. The Morgan fingerprint density at radius 2 is 2.11 bits per heavy atom. The number of halogens is 1. The highest BCUT2D eigenvalue weighted by Crippen LogP contribution is 2.21. The Hall–Kier alpha value is -2.38. The molecule has 0 spiro atoms. The molecule has 2 N–H and O–H groups in total. The van der Waals surface area contributed by atoms with E-state index < -0.39 is 0 Å². The number of aromatic amines is 1. The minimum atomic E-state index is -0.303. The number of anilines is 1. The zero-order valence-corrected chi connectivity index (χ0v) is 16.5. The van der Waals surface area contributed by atoms with Gasteiger partial charge in [0, 0.05) is 24.7 Å². The summed E-state index contributed by atoms with van der Waals surface area (Å²) in [4.78, 5) is 22.1. The molecule has 3 rings (SSSR count). The van der Waals surface area contributed by atoms with Crippen molar-refractivity contribution in [1.82, 2.24) is 19.7 Å². The number of benzene rings is 1. The highest BCUT2D eigenvalue weighted by atomic mass is 35.5. The van der Waals surface area contributed by atoms with E-state index in [1.807, 2.05) is 49.9 Å². The molecule has 0 aliphatic carbocycles. The molecule has 1 aromatic carbocycles. The lowest BCUT2D eigenvalue weighted by atomic mass is 10.1. The van der Waals surface area contributed by atoms with Crippen LogP contribution in [0.15, 0.2) is 35.3 Å². The van der Waals surface area contributed by atoms with Crippen LogP contribution in [-0.2, 0) is 12.1 Å². The SMILES string of the molecule is CC(C)(C)n1ncc2c(=O)[nH]c(N(CCCO)Cc3cccc(Cl)c3)nc21. The summed E-state index contributed by atoms with van der Waals surface area (Å²) < 4.78 is 1.75. The largest absolute Gasteiger partial charge is 0.396 e. The first kappa shape index (κ1) is 19.4. The number of rotatable bonds is 6. The predicted molar refractivity (Wildman–Crippen MR) is 107 cm³/mol. The molecule has 8 heteroatoms. The van der Waals surface area contributed by atoms with Gasteiger partial charge in [0.05, 0.1) is 11.7 Å². The predicted octanol–water partition coefficient (Wildman–Crippen LogP) is 2.92. The number of aliphatic hydroxyl groups excluding tert-OH is 1. The molecular formula is C19H24ClN5O2. The van der Waals surface area contributed by atoms with Crippen LogP contribution in [0, 0.1) is 0 Å². The van der Waals surface area contributed by atoms with Crippen molar-refractivity contribution in [2.24, 2.45) is 0 Å². The van der Waals surface area contributed by atoms with Gasteiger partial charge in [0.25, 0.3) is 5.56 Å². The molecule has 2 heterocycles. The maximum atomic E-state index is 12.6. The first-order chi connectivity index (χ1) is 12.8. The van der Waals surface area contributed by atoms with Gasteiger partial charge in [0.15, 0.2) is 5.65 Å². The number of hydrogen-bond donors (Lipinski definition) is 2. The topological polar surface area (TPSA) is 87.0 Å². The Kier molecular flexibility index (Phi) is 5.53. The van der Waals surface area contributed by atoms with E-state index >= 15 is 0 Å². The summed E-state index contributed by atoms with van der Waals surface area (Å²) in [6.07, 6.45) is 2.10. The van der Waals surface area contributed by atoms with Crippen molar-refractivity contribution < 1.29 is 5.11 Å².